The Labute approximate surface area is 81.2 Å². The minimum atomic E-state index is -0.718. The van der Waals surface area contributed by atoms with Gasteiger partial charge in [0, 0.05) is 5.02 Å². The fourth-order valence-electron chi connectivity index (χ4n) is 0.774. The van der Waals surface area contributed by atoms with Crippen molar-refractivity contribution < 1.29 is 14.3 Å². The van der Waals surface area contributed by atoms with Gasteiger partial charge < -0.3 is 9.47 Å². The van der Waals surface area contributed by atoms with Crippen LogP contribution >= 0.6 is 11.6 Å². The zero-order valence-corrected chi connectivity index (χ0v) is 7.88. The molecule has 0 saturated carbocycles. The van der Waals surface area contributed by atoms with E-state index in [9.17, 15) is 4.79 Å². The van der Waals surface area contributed by atoms with E-state index in [1.165, 1.54) is 0 Å². The molecule has 70 valence electrons. The Morgan fingerprint density at radius 3 is 2.92 bits per heavy atom. The molecule has 0 radical (unpaired) electrons. The number of benzene rings is 1. The highest BCUT2D eigenvalue weighted by Crippen LogP contribution is 2.17. The van der Waals surface area contributed by atoms with Crippen molar-refractivity contribution in [3.63, 3.8) is 0 Å². The molecule has 0 unspecified atom stereocenters. The quantitative estimate of drug-likeness (QED) is 0.544. The van der Waals surface area contributed by atoms with E-state index in [-0.39, 0.29) is 0 Å². The highest BCUT2D eigenvalue weighted by molar-refractivity contribution is 6.30. The van der Waals surface area contributed by atoms with Crippen LogP contribution in [0.4, 0.5) is 4.79 Å². The van der Waals surface area contributed by atoms with Crippen LogP contribution in [0, 0.1) is 0 Å². The number of ether oxygens (including phenoxy) is 2. The van der Waals surface area contributed by atoms with E-state index in [0.717, 1.165) is 0 Å². The first-order chi connectivity index (χ1) is 6.22. The molecule has 0 aromatic heterocycles. The lowest BCUT2D eigenvalue weighted by Crippen LogP contribution is -2.09. The molecule has 1 aromatic rings. The Hall–Kier alpha value is -1.22. The van der Waals surface area contributed by atoms with E-state index in [2.05, 4.69) is 4.74 Å². The molecular formula is C9H9ClO3. The van der Waals surface area contributed by atoms with E-state index < -0.39 is 6.16 Å². The van der Waals surface area contributed by atoms with Gasteiger partial charge in [0.25, 0.3) is 0 Å². The molecule has 13 heavy (non-hydrogen) atoms. The van der Waals surface area contributed by atoms with Crippen LogP contribution in [0.5, 0.6) is 5.75 Å². The fraction of sp³-hybridized carbons (Fsp3) is 0.222. The van der Waals surface area contributed by atoms with Gasteiger partial charge >= 0.3 is 6.16 Å². The molecule has 0 atom stereocenters. The van der Waals surface area contributed by atoms with Gasteiger partial charge in [0.1, 0.15) is 5.75 Å². The molecular weight excluding hydrogens is 192 g/mol. The van der Waals surface area contributed by atoms with Crippen LogP contribution < -0.4 is 4.74 Å². The van der Waals surface area contributed by atoms with Crippen LogP contribution in [0.15, 0.2) is 24.3 Å². The van der Waals surface area contributed by atoms with Crippen molar-refractivity contribution in [3.8, 4) is 5.75 Å². The average molecular weight is 201 g/mol. The van der Waals surface area contributed by atoms with Crippen LogP contribution in [-0.4, -0.2) is 12.8 Å². The maximum absolute atomic E-state index is 10.8. The van der Waals surface area contributed by atoms with Gasteiger partial charge in [-0.2, -0.15) is 0 Å². The fourth-order valence-corrected chi connectivity index (χ4v) is 0.954. The maximum atomic E-state index is 10.8. The lowest BCUT2D eigenvalue weighted by Gasteiger charge is -2.03. The summed E-state index contributed by atoms with van der Waals surface area (Å²) in [5.74, 6) is 0.381. The van der Waals surface area contributed by atoms with Crippen LogP contribution in [0.2, 0.25) is 5.02 Å². The summed E-state index contributed by atoms with van der Waals surface area (Å²) in [6, 6.07) is 6.55. The summed E-state index contributed by atoms with van der Waals surface area (Å²) in [6.45, 7) is 2.00. The van der Waals surface area contributed by atoms with Crippen molar-refractivity contribution in [2.75, 3.05) is 6.61 Å². The van der Waals surface area contributed by atoms with Crippen molar-refractivity contribution >= 4 is 17.8 Å². The Morgan fingerprint density at radius 1 is 1.54 bits per heavy atom. The predicted molar refractivity (Wildman–Crippen MR) is 49.1 cm³/mol. The molecule has 0 amide bonds. The number of rotatable bonds is 2. The third kappa shape index (κ3) is 3.34. The normalized spacial score (nSPS) is 9.38. The van der Waals surface area contributed by atoms with Gasteiger partial charge in [-0.15, -0.1) is 0 Å². The zero-order chi connectivity index (χ0) is 9.68. The molecule has 0 heterocycles. The van der Waals surface area contributed by atoms with Crippen LogP contribution in [0.1, 0.15) is 6.92 Å². The van der Waals surface area contributed by atoms with Crippen molar-refractivity contribution in [3.05, 3.63) is 29.3 Å². The highest BCUT2D eigenvalue weighted by atomic mass is 35.5. The summed E-state index contributed by atoms with van der Waals surface area (Å²) < 4.78 is 9.37. The zero-order valence-electron chi connectivity index (χ0n) is 7.12. The Balaban J connectivity index is 2.58. The third-order valence-electron chi connectivity index (χ3n) is 1.26. The second-order valence-corrected chi connectivity index (χ2v) is 2.68. The molecule has 0 fully saturated rings. The molecule has 1 rings (SSSR count). The molecule has 4 heteroatoms. The Bertz CT molecular complexity index is 299. The molecule has 0 aliphatic rings. The molecule has 0 aliphatic heterocycles. The summed E-state index contributed by atoms with van der Waals surface area (Å²) in [7, 11) is 0. The van der Waals surface area contributed by atoms with E-state index in [4.69, 9.17) is 16.3 Å². The summed E-state index contributed by atoms with van der Waals surface area (Å²) >= 11 is 5.67. The van der Waals surface area contributed by atoms with Crippen LogP contribution in [0.3, 0.4) is 0 Å². The number of hydrogen-bond donors (Lipinski definition) is 0. The van der Waals surface area contributed by atoms with E-state index in [1.807, 2.05) is 0 Å². The van der Waals surface area contributed by atoms with Gasteiger partial charge in [0.15, 0.2) is 0 Å². The first-order valence-electron chi connectivity index (χ1n) is 3.82. The monoisotopic (exact) mass is 200 g/mol. The van der Waals surface area contributed by atoms with Gasteiger partial charge in [-0.25, -0.2) is 4.79 Å². The first kappa shape index (κ1) is 9.86. The third-order valence-corrected chi connectivity index (χ3v) is 1.49. The van der Waals surface area contributed by atoms with Crippen LogP contribution in [-0.2, 0) is 4.74 Å². The topological polar surface area (TPSA) is 35.5 Å². The van der Waals surface area contributed by atoms with E-state index in [0.29, 0.717) is 17.4 Å². The van der Waals surface area contributed by atoms with Gasteiger partial charge in [-0.05, 0) is 25.1 Å². The van der Waals surface area contributed by atoms with Gasteiger partial charge in [-0.3, -0.25) is 0 Å². The van der Waals surface area contributed by atoms with Gasteiger partial charge in [-0.1, -0.05) is 17.7 Å². The molecule has 0 aliphatic carbocycles. The summed E-state index contributed by atoms with van der Waals surface area (Å²) in [5.41, 5.74) is 0. The minimum absolute atomic E-state index is 0.291. The van der Waals surface area contributed by atoms with Crippen molar-refractivity contribution in [1.29, 1.82) is 0 Å². The number of hydrogen-bond acceptors (Lipinski definition) is 3. The SMILES string of the molecule is CCOC(=O)Oc1cccc(Cl)c1. The van der Waals surface area contributed by atoms with E-state index >= 15 is 0 Å². The smallest absolute Gasteiger partial charge is 0.434 e. The maximum Gasteiger partial charge on any atom is 0.513 e. The van der Waals surface area contributed by atoms with E-state index in [1.54, 1.807) is 31.2 Å². The molecule has 0 saturated heterocycles. The summed E-state index contributed by atoms with van der Waals surface area (Å²) in [5, 5.41) is 0.516. The second-order valence-electron chi connectivity index (χ2n) is 2.24. The standard InChI is InChI=1S/C9H9ClO3/c1-2-12-9(11)13-8-5-3-4-7(10)6-8/h3-6H,2H2,1H3. The van der Waals surface area contributed by atoms with Gasteiger partial charge in [0.2, 0.25) is 0 Å². The van der Waals surface area contributed by atoms with Crippen molar-refractivity contribution in [2.24, 2.45) is 0 Å². The summed E-state index contributed by atoms with van der Waals surface area (Å²) in [6.07, 6.45) is -0.718. The molecule has 0 bridgehead atoms. The number of carbonyl (C=O) groups is 1. The van der Waals surface area contributed by atoms with Gasteiger partial charge in [0.05, 0.1) is 6.61 Å². The molecule has 0 N–H and O–H groups in total. The van der Waals surface area contributed by atoms with Crippen molar-refractivity contribution in [2.45, 2.75) is 6.92 Å². The average Bonchev–Trinajstić information content (AvgIpc) is 2.04. The Kier molecular flexibility index (Phi) is 3.58. The Morgan fingerprint density at radius 2 is 2.31 bits per heavy atom. The number of carbonyl (C=O) groups excluding carboxylic acids is 1. The number of halogens is 1. The largest absolute Gasteiger partial charge is 0.513 e. The van der Waals surface area contributed by atoms with Crippen LogP contribution in [0.25, 0.3) is 0 Å². The lowest BCUT2D eigenvalue weighted by molar-refractivity contribution is 0.104. The molecule has 3 nitrogen and oxygen atoms in total. The lowest BCUT2D eigenvalue weighted by atomic mass is 10.3. The second kappa shape index (κ2) is 4.72. The minimum Gasteiger partial charge on any atom is -0.434 e. The highest BCUT2D eigenvalue weighted by Gasteiger charge is 2.03. The van der Waals surface area contributed by atoms with Crippen molar-refractivity contribution in [1.82, 2.24) is 0 Å². The predicted octanol–water partition coefficient (Wildman–Crippen LogP) is 2.88. The molecule has 1 aromatic carbocycles. The molecule has 0 spiro atoms. The summed E-state index contributed by atoms with van der Waals surface area (Å²) in [4.78, 5) is 10.8. The first-order valence-corrected chi connectivity index (χ1v) is 4.20.